The second-order valence-electron chi connectivity index (χ2n) is 13.3. The highest BCUT2D eigenvalue weighted by Crippen LogP contribution is 2.61. The number of amides is 2. The van der Waals surface area contributed by atoms with Gasteiger partial charge in [0.2, 0.25) is 11.8 Å². The van der Waals surface area contributed by atoms with E-state index in [9.17, 15) is 68.1 Å². The van der Waals surface area contributed by atoms with Gasteiger partial charge in [0.15, 0.2) is 22.8 Å². The molecule has 0 radical (unpaired) electrons. The van der Waals surface area contributed by atoms with Crippen molar-refractivity contribution in [1.82, 2.24) is 30.2 Å². The van der Waals surface area contributed by atoms with Crippen molar-refractivity contribution < 1.29 is 90.7 Å². The number of hydrogen-bond acceptors (Lipinski definition) is 20. The van der Waals surface area contributed by atoms with Crippen LogP contribution in [-0.4, -0.2) is 133 Å². The third kappa shape index (κ3) is 14.2. The summed E-state index contributed by atoms with van der Waals surface area (Å²) in [5.41, 5.74) is 4.61. The standard InChI is InChI=1S/C29H42N7O19P3S/c1-29(2,24(42)27(43)32-4-3-19(39)31-5-6-59-20(40)9-15-7-16(37)10-17(38)8-15)12-52-58(49,50)55-57(47,48)51-11-18-23(54-56(44,45)46)22(41)28(53-18)36-14-35-21-25(30)33-13-34-26(21)36/h7-8,10,13-14,18,22-24,28,37-38,41-42H,3-6,9,11-12H2,1-2H3,(H,31,39)(H,32,43)(H,47,48)(H,49,50)(H2,30,33,34)(H2,44,45,46)/t18-,22-,23-,24?,28-/m1/s1. The number of hydrogen-bond donors (Lipinski definition) is 11. The van der Waals surface area contributed by atoms with Gasteiger partial charge in [0, 0.05) is 43.2 Å². The van der Waals surface area contributed by atoms with Crippen LogP contribution in [0.2, 0.25) is 0 Å². The van der Waals surface area contributed by atoms with Gasteiger partial charge in [0.05, 0.1) is 19.5 Å². The normalized spacial score (nSPS) is 21.1. The van der Waals surface area contributed by atoms with Gasteiger partial charge >= 0.3 is 23.5 Å². The molecule has 4 rings (SSSR count). The molecule has 0 aliphatic carbocycles. The number of phosphoric acid groups is 3. The van der Waals surface area contributed by atoms with Crippen LogP contribution < -0.4 is 16.4 Å². The number of thioether (sulfide) groups is 1. The molecule has 1 aliphatic heterocycles. The van der Waals surface area contributed by atoms with Crippen molar-refractivity contribution in [2.24, 2.45) is 5.41 Å². The number of nitrogens with zero attached hydrogens (tertiary/aromatic N) is 4. The summed E-state index contributed by atoms with van der Waals surface area (Å²) in [5.74, 6) is -1.76. The fourth-order valence-corrected chi connectivity index (χ4v) is 8.80. The van der Waals surface area contributed by atoms with Crippen LogP contribution in [0.25, 0.3) is 11.2 Å². The number of phosphoric ester groups is 3. The van der Waals surface area contributed by atoms with Crippen molar-refractivity contribution >= 4 is 69.1 Å². The van der Waals surface area contributed by atoms with Crippen LogP contribution >= 0.6 is 35.2 Å². The van der Waals surface area contributed by atoms with Crippen LogP contribution in [0.3, 0.4) is 0 Å². The highest BCUT2D eigenvalue weighted by atomic mass is 32.2. The van der Waals surface area contributed by atoms with Crippen molar-refractivity contribution in [3.8, 4) is 11.5 Å². The van der Waals surface area contributed by atoms with E-state index in [0.29, 0.717) is 5.56 Å². The summed E-state index contributed by atoms with van der Waals surface area (Å²) < 4.78 is 62.1. The zero-order valence-electron chi connectivity index (χ0n) is 30.9. The lowest BCUT2D eigenvalue weighted by atomic mass is 9.87. The van der Waals surface area contributed by atoms with Gasteiger partial charge in [-0.15, -0.1) is 0 Å². The highest BCUT2D eigenvalue weighted by Gasteiger charge is 2.50. The molecule has 1 saturated heterocycles. The number of benzene rings is 1. The molecule has 7 atom stereocenters. The van der Waals surface area contributed by atoms with Gasteiger partial charge in [-0.2, -0.15) is 4.31 Å². The van der Waals surface area contributed by atoms with Gasteiger partial charge < -0.3 is 61.1 Å². The minimum Gasteiger partial charge on any atom is -0.508 e. The summed E-state index contributed by atoms with van der Waals surface area (Å²) in [6.07, 6.45) is -7.15. The highest BCUT2D eigenvalue weighted by molar-refractivity contribution is 8.13. The summed E-state index contributed by atoms with van der Waals surface area (Å²) in [6, 6.07) is 3.78. The molecule has 12 N–H and O–H groups in total. The average Bonchev–Trinajstić information content (AvgIpc) is 3.67. The number of aromatic hydroxyl groups is 2. The Morgan fingerprint density at radius 1 is 1.00 bits per heavy atom. The van der Waals surface area contributed by atoms with E-state index in [1.807, 2.05) is 0 Å². The topological polar surface area (TPSA) is 404 Å². The van der Waals surface area contributed by atoms with Crippen LogP contribution in [0.4, 0.5) is 5.82 Å². The Balaban J connectivity index is 1.21. The molecule has 0 spiro atoms. The first-order chi connectivity index (χ1) is 27.4. The first kappa shape index (κ1) is 48.1. The average molecular weight is 918 g/mol. The predicted molar refractivity (Wildman–Crippen MR) is 201 cm³/mol. The van der Waals surface area contributed by atoms with Crippen LogP contribution in [0.5, 0.6) is 11.5 Å². The van der Waals surface area contributed by atoms with Crippen LogP contribution in [-0.2, 0) is 57.1 Å². The number of nitrogens with one attached hydrogen (secondary N) is 2. The van der Waals surface area contributed by atoms with Crippen molar-refractivity contribution in [3.05, 3.63) is 36.4 Å². The van der Waals surface area contributed by atoms with E-state index in [4.69, 9.17) is 19.5 Å². The minimum absolute atomic E-state index is 0.0202. The SMILES string of the molecule is CC(C)(COP(=O)(O)OP(=O)(O)OC[C@H]1O[C@@H](n2cnc3c(N)ncnc32)[C@H](O)[C@@H]1OP(=O)(O)O)C(O)C(=O)NCCC(=O)NCCSC(=O)Cc1cc(O)cc(O)c1. The number of anilines is 1. The maximum Gasteiger partial charge on any atom is 0.481 e. The number of phenols is 2. The molecule has 328 valence electrons. The summed E-state index contributed by atoms with van der Waals surface area (Å²) in [5, 5.41) is 45.1. The fraction of sp³-hybridized carbons (Fsp3) is 0.517. The maximum atomic E-state index is 12.7. The Labute approximate surface area is 337 Å². The largest absolute Gasteiger partial charge is 0.508 e. The number of aliphatic hydroxyl groups is 2. The fourth-order valence-electron chi connectivity index (χ4n) is 5.27. The van der Waals surface area contributed by atoms with Crippen LogP contribution in [0.15, 0.2) is 30.9 Å². The number of imidazole rings is 1. The molecule has 0 bridgehead atoms. The second kappa shape index (κ2) is 19.8. The van der Waals surface area contributed by atoms with E-state index in [-0.39, 0.29) is 65.3 Å². The molecule has 1 aliphatic rings. The summed E-state index contributed by atoms with van der Waals surface area (Å²) in [6.45, 7) is 0.241. The Kier molecular flexibility index (Phi) is 16.2. The number of fused-ring (bicyclic) bond motifs is 1. The lowest BCUT2D eigenvalue weighted by Gasteiger charge is -2.30. The number of phenolic OH excluding ortho intramolecular Hbond substituents is 2. The van der Waals surface area contributed by atoms with Gasteiger partial charge in [-0.25, -0.2) is 28.6 Å². The first-order valence-corrected chi connectivity index (χ1v) is 22.4. The molecule has 30 heteroatoms. The lowest BCUT2D eigenvalue weighted by Crippen LogP contribution is -2.46. The van der Waals surface area contributed by atoms with Crippen molar-refractivity contribution in [3.63, 3.8) is 0 Å². The quantitative estimate of drug-likeness (QED) is 0.0466. The third-order valence-electron chi connectivity index (χ3n) is 8.08. The van der Waals surface area contributed by atoms with E-state index in [1.54, 1.807) is 0 Å². The Morgan fingerprint density at radius 2 is 1.66 bits per heavy atom. The van der Waals surface area contributed by atoms with E-state index in [2.05, 4.69) is 34.4 Å². The number of nitrogen functional groups attached to an aromatic ring is 1. The second-order valence-corrected chi connectivity index (χ2v) is 18.7. The molecule has 26 nitrogen and oxygen atoms in total. The summed E-state index contributed by atoms with van der Waals surface area (Å²) in [7, 11) is -16.5. The number of ether oxygens (including phenoxy) is 1. The zero-order chi connectivity index (χ0) is 43.9. The summed E-state index contributed by atoms with van der Waals surface area (Å²) in [4.78, 5) is 87.8. The third-order valence-corrected chi connectivity index (χ3v) is 12.0. The molecule has 1 fully saturated rings. The molecule has 3 heterocycles. The molecule has 2 amide bonds. The molecule has 3 aromatic rings. The van der Waals surface area contributed by atoms with Crippen molar-refractivity contribution in [2.45, 2.75) is 57.3 Å². The number of nitrogens with two attached hydrogens (primary N) is 1. The number of aromatic nitrogens is 4. The molecular weight excluding hydrogens is 875 g/mol. The number of rotatable bonds is 21. The minimum atomic E-state index is -5.59. The number of carbonyl (C=O) groups excluding carboxylic acids is 3. The molecule has 3 unspecified atom stereocenters. The van der Waals surface area contributed by atoms with Gasteiger partial charge in [0.25, 0.3) is 0 Å². The zero-order valence-corrected chi connectivity index (χ0v) is 34.4. The Bertz CT molecular complexity index is 2120. The predicted octanol–water partition coefficient (Wildman–Crippen LogP) is -0.681. The van der Waals surface area contributed by atoms with Gasteiger partial charge in [0.1, 0.15) is 47.8 Å². The van der Waals surface area contributed by atoms with E-state index in [1.165, 1.54) is 26.0 Å². The smallest absolute Gasteiger partial charge is 0.481 e. The number of carbonyl (C=O) groups is 3. The van der Waals surface area contributed by atoms with Gasteiger partial charge in [-0.3, -0.25) is 32.5 Å². The molecule has 0 saturated carbocycles. The summed E-state index contributed by atoms with van der Waals surface area (Å²) >= 11 is 0.913. The molecular formula is C29H42N7O19P3S. The van der Waals surface area contributed by atoms with Crippen LogP contribution in [0.1, 0.15) is 32.1 Å². The lowest BCUT2D eigenvalue weighted by molar-refractivity contribution is -0.137. The van der Waals surface area contributed by atoms with Crippen LogP contribution in [0, 0.1) is 5.41 Å². The van der Waals surface area contributed by atoms with E-state index < -0.39 is 84.6 Å². The monoisotopic (exact) mass is 917 g/mol. The molecule has 1 aromatic carbocycles. The number of aliphatic hydroxyl groups excluding tert-OH is 2. The van der Waals surface area contributed by atoms with Gasteiger partial charge in [-0.05, 0) is 17.7 Å². The first-order valence-electron chi connectivity index (χ1n) is 16.9. The van der Waals surface area contributed by atoms with E-state index >= 15 is 0 Å². The van der Waals surface area contributed by atoms with Crippen molar-refractivity contribution in [2.75, 3.05) is 37.8 Å². The molecule has 59 heavy (non-hydrogen) atoms. The maximum absolute atomic E-state index is 12.7. The molecule has 2 aromatic heterocycles. The van der Waals surface area contributed by atoms with E-state index in [0.717, 1.165) is 35.0 Å². The Hall–Kier alpha value is -3.62. The van der Waals surface area contributed by atoms with Gasteiger partial charge in [-0.1, -0.05) is 25.6 Å². The van der Waals surface area contributed by atoms with Crippen molar-refractivity contribution in [1.29, 1.82) is 0 Å². The Morgan fingerprint density at radius 3 is 2.32 bits per heavy atom.